The Morgan fingerprint density at radius 2 is 1.88 bits per heavy atom. The summed E-state index contributed by atoms with van der Waals surface area (Å²) >= 11 is 0. The maximum Gasteiger partial charge on any atom is 0.416 e. The molecule has 2 rings (SSSR count). The molecule has 0 atom stereocenters. The van der Waals surface area contributed by atoms with Crippen LogP contribution in [-0.4, -0.2) is 36.0 Å². The number of carbonyl (C=O) groups is 2. The molecule has 1 aliphatic carbocycles. The van der Waals surface area contributed by atoms with Crippen molar-refractivity contribution in [2.75, 3.05) is 13.2 Å². The van der Waals surface area contributed by atoms with Crippen LogP contribution in [0.4, 0.5) is 13.2 Å². The highest BCUT2D eigenvalue weighted by atomic mass is 19.4. The zero-order valence-corrected chi connectivity index (χ0v) is 14.8. The molecular weight excluding hydrogens is 347 g/mol. The quantitative estimate of drug-likeness (QED) is 0.711. The number of rotatable bonds is 6. The average molecular weight is 371 g/mol. The Balaban J connectivity index is 1.86. The minimum absolute atomic E-state index is 0.184. The SMILES string of the molecule is CCN(C(=O)COC(=O)Cc1cccc(C(F)(F)F)c1)C1CCCCC1. The first kappa shape index (κ1) is 20.3. The molecule has 1 aromatic rings. The van der Waals surface area contributed by atoms with E-state index in [0.29, 0.717) is 6.54 Å². The molecule has 1 saturated carbocycles. The van der Waals surface area contributed by atoms with Crippen molar-refractivity contribution in [2.45, 2.75) is 57.7 Å². The van der Waals surface area contributed by atoms with Gasteiger partial charge in [0, 0.05) is 12.6 Å². The monoisotopic (exact) mass is 371 g/mol. The first-order valence-corrected chi connectivity index (χ1v) is 8.92. The van der Waals surface area contributed by atoms with E-state index in [9.17, 15) is 22.8 Å². The van der Waals surface area contributed by atoms with Crippen LogP contribution < -0.4 is 0 Å². The second-order valence-corrected chi connectivity index (χ2v) is 6.51. The standard InChI is InChI=1S/C19H24F3NO3/c1-2-23(16-9-4-3-5-10-16)17(24)13-26-18(25)12-14-7-6-8-15(11-14)19(20,21)22/h6-8,11,16H,2-5,9-10,12-13H2,1H3. The molecule has 144 valence electrons. The van der Waals surface area contributed by atoms with Gasteiger partial charge in [0.25, 0.3) is 5.91 Å². The summed E-state index contributed by atoms with van der Waals surface area (Å²) in [5, 5.41) is 0. The summed E-state index contributed by atoms with van der Waals surface area (Å²) in [4.78, 5) is 25.9. The fraction of sp³-hybridized carbons (Fsp3) is 0.579. The largest absolute Gasteiger partial charge is 0.455 e. The number of hydrogen-bond donors (Lipinski definition) is 0. The van der Waals surface area contributed by atoms with Gasteiger partial charge >= 0.3 is 12.1 Å². The van der Waals surface area contributed by atoms with Gasteiger partial charge in [-0.05, 0) is 31.4 Å². The molecular formula is C19H24F3NO3. The summed E-state index contributed by atoms with van der Waals surface area (Å²) in [5.41, 5.74) is -0.606. The summed E-state index contributed by atoms with van der Waals surface area (Å²) in [6, 6.07) is 4.73. The lowest BCUT2D eigenvalue weighted by Crippen LogP contribution is -2.43. The van der Waals surface area contributed by atoms with Crippen LogP contribution in [0.25, 0.3) is 0 Å². The van der Waals surface area contributed by atoms with Crippen LogP contribution in [0.5, 0.6) is 0 Å². The summed E-state index contributed by atoms with van der Waals surface area (Å²) in [6.07, 6.45) is 0.502. The van der Waals surface area contributed by atoms with Gasteiger partial charge in [0.15, 0.2) is 6.61 Å². The Bertz CT molecular complexity index is 625. The summed E-state index contributed by atoms with van der Waals surface area (Å²) in [5.74, 6) is -0.964. The van der Waals surface area contributed by atoms with Gasteiger partial charge in [-0.2, -0.15) is 13.2 Å². The van der Waals surface area contributed by atoms with Crippen molar-refractivity contribution in [1.82, 2.24) is 4.90 Å². The number of benzene rings is 1. The van der Waals surface area contributed by atoms with E-state index in [1.807, 2.05) is 6.92 Å². The minimum atomic E-state index is -4.46. The predicted molar refractivity (Wildman–Crippen MR) is 90.4 cm³/mol. The molecule has 0 aliphatic heterocycles. The number of carbonyl (C=O) groups excluding carboxylic acids is 2. The van der Waals surface area contributed by atoms with Gasteiger partial charge in [-0.3, -0.25) is 9.59 Å². The molecule has 0 spiro atoms. The van der Waals surface area contributed by atoms with Gasteiger partial charge in [0.2, 0.25) is 0 Å². The van der Waals surface area contributed by atoms with Crippen LogP contribution >= 0.6 is 0 Å². The predicted octanol–water partition coefficient (Wildman–Crippen LogP) is 3.97. The van der Waals surface area contributed by atoms with E-state index < -0.39 is 17.7 Å². The number of likely N-dealkylation sites (N-methyl/N-ethyl adjacent to an activating group) is 1. The van der Waals surface area contributed by atoms with E-state index in [1.165, 1.54) is 18.6 Å². The topological polar surface area (TPSA) is 46.6 Å². The number of alkyl halides is 3. The number of hydrogen-bond acceptors (Lipinski definition) is 3. The van der Waals surface area contributed by atoms with Gasteiger partial charge in [-0.1, -0.05) is 37.5 Å². The fourth-order valence-corrected chi connectivity index (χ4v) is 3.33. The highest BCUT2D eigenvalue weighted by Crippen LogP contribution is 2.29. The smallest absolute Gasteiger partial charge is 0.416 e. The van der Waals surface area contributed by atoms with E-state index in [-0.39, 0.29) is 30.5 Å². The molecule has 7 heteroatoms. The lowest BCUT2D eigenvalue weighted by molar-refractivity contribution is -0.152. The van der Waals surface area contributed by atoms with Crippen molar-refractivity contribution in [3.63, 3.8) is 0 Å². The molecule has 26 heavy (non-hydrogen) atoms. The number of amides is 1. The molecule has 0 aromatic heterocycles. The lowest BCUT2D eigenvalue weighted by atomic mass is 9.94. The molecule has 0 unspecified atom stereocenters. The Labute approximate surface area is 151 Å². The Kier molecular flexibility index (Phi) is 7.06. The van der Waals surface area contributed by atoms with Crippen LogP contribution in [-0.2, 0) is 26.9 Å². The maximum atomic E-state index is 12.7. The average Bonchev–Trinajstić information content (AvgIpc) is 2.61. The van der Waals surface area contributed by atoms with Crippen molar-refractivity contribution in [3.8, 4) is 0 Å². The molecule has 1 amide bonds. The van der Waals surface area contributed by atoms with Gasteiger partial charge in [-0.15, -0.1) is 0 Å². The molecule has 0 saturated heterocycles. The maximum absolute atomic E-state index is 12.7. The number of ether oxygens (including phenoxy) is 1. The van der Waals surface area contributed by atoms with Crippen molar-refractivity contribution in [1.29, 1.82) is 0 Å². The third-order valence-electron chi connectivity index (χ3n) is 4.64. The van der Waals surface area contributed by atoms with Crippen LogP contribution in [0.15, 0.2) is 24.3 Å². The number of halogens is 3. The van der Waals surface area contributed by atoms with E-state index >= 15 is 0 Å². The van der Waals surface area contributed by atoms with Crippen molar-refractivity contribution < 1.29 is 27.5 Å². The second-order valence-electron chi connectivity index (χ2n) is 6.51. The molecule has 4 nitrogen and oxygen atoms in total. The molecule has 0 heterocycles. The van der Waals surface area contributed by atoms with Crippen molar-refractivity contribution in [3.05, 3.63) is 35.4 Å². The van der Waals surface area contributed by atoms with Gasteiger partial charge in [-0.25, -0.2) is 0 Å². The van der Waals surface area contributed by atoms with Crippen LogP contribution in [0.1, 0.15) is 50.2 Å². The number of nitrogens with zero attached hydrogens (tertiary/aromatic N) is 1. The number of esters is 1. The van der Waals surface area contributed by atoms with E-state index in [2.05, 4.69) is 0 Å². The summed E-state index contributed by atoms with van der Waals surface area (Å²) in [7, 11) is 0. The van der Waals surface area contributed by atoms with Gasteiger partial charge in [0.1, 0.15) is 0 Å². The highest BCUT2D eigenvalue weighted by molar-refractivity contribution is 5.81. The molecule has 1 aromatic carbocycles. The Morgan fingerprint density at radius 3 is 2.50 bits per heavy atom. The molecule has 0 N–H and O–H groups in total. The third kappa shape index (κ3) is 5.75. The summed E-state index contributed by atoms with van der Waals surface area (Å²) in [6.45, 7) is 2.06. The molecule has 0 radical (unpaired) electrons. The molecule has 0 bridgehead atoms. The molecule has 1 aliphatic rings. The van der Waals surface area contributed by atoms with Crippen LogP contribution in [0, 0.1) is 0 Å². The molecule has 1 fully saturated rings. The normalized spacial score (nSPS) is 15.5. The van der Waals surface area contributed by atoms with E-state index in [4.69, 9.17) is 4.74 Å². The zero-order valence-electron chi connectivity index (χ0n) is 14.8. The first-order valence-electron chi connectivity index (χ1n) is 8.92. The van der Waals surface area contributed by atoms with Crippen molar-refractivity contribution >= 4 is 11.9 Å². The second kappa shape index (κ2) is 9.05. The first-order chi connectivity index (χ1) is 12.3. The fourth-order valence-electron chi connectivity index (χ4n) is 3.33. The lowest BCUT2D eigenvalue weighted by Gasteiger charge is -2.33. The third-order valence-corrected chi connectivity index (χ3v) is 4.64. The van der Waals surface area contributed by atoms with E-state index in [1.54, 1.807) is 4.90 Å². The Morgan fingerprint density at radius 1 is 1.19 bits per heavy atom. The zero-order chi connectivity index (χ0) is 19.2. The Hall–Kier alpha value is -2.05. The summed E-state index contributed by atoms with van der Waals surface area (Å²) < 4.78 is 43.1. The van der Waals surface area contributed by atoms with Crippen LogP contribution in [0.2, 0.25) is 0 Å². The van der Waals surface area contributed by atoms with Gasteiger partial charge in [0.05, 0.1) is 12.0 Å². The van der Waals surface area contributed by atoms with Crippen molar-refractivity contribution in [2.24, 2.45) is 0 Å². The van der Waals surface area contributed by atoms with Gasteiger partial charge < -0.3 is 9.64 Å². The van der Waals surface area contributed by atoms with E-state index in [0.717, 1.165) is 37.8 Å². The minimum Gasteiger partial charge on any atom is -0.455 e. The highest BCUT2D eigenvalue weighted by Gasteiger charge is 2.30. The van der Waals surface area contributed by atoms with Crippen LogP contribution in [0.3, 0.4) is 0 Å².